The second-order valence-electron chi connectivity index (χ2n) is 7.77. The monoisotopic (exact) mass is 402 g/mol. The Hall–Kier alpha value is -3.68. The quantitative estimate of drug-likeness (QED) is 0.415. The Morgan fingerprint density at radius 3 is 1.73 bits per heavy atom. The standard InChI is InChI=1S/C22H22N6O2/c29-21(23-19-15-8-1-3-10-17(15)25-27-19)13-6-5-7-14(12-13)22(30)24-20-16-9-2-4-11-18(16)26-28-20/h1-4,8-11,13-14H,5-7,12H2,(H2,23,25,27,29)(H2,24,26,28,30). The van der Waals surface area contributed by atoms with E-state index in [1.165, 1.54) is 0 Å². The summed E-state index contributed by atoms with van der Waals surface area (Å²) in [6.45, 7) is 0. The number of amides is 2. The topological polar surface area (TPSA) is 116 Å². The number of anilines is 2. The Morgan fingerprint density at radius 1 is 0.767 bits per heavy atom. The molecule has 0 spiro atoms. The minimum atomic E-state index is -0.221. The molecule has 8 heteroatoms. The van der Waals surface area contributed by atoms with Crippen molar-refractivity contribution in [2.24, 2.45) is 11.8 Å². The van der Waals surface area contributed by atoms with Crippen LogP contribution in [0.5, 0.6) is 0 Å². The number of benzene rings is 2. The number of carbonyl (C=O) groups is 2. The molecule has 2 amide bonds. The number of hydrogen-bond acceptors (Lipinski definition) is 4. The zero-order valence-corrected chi connectivity index (χ0v) is 16.3. The Bertz CT molecular complexity index is 1130. The van der Waals surface area contributed by atoms with Gasteiger partial charge in [0.25, 0.3) is 0 Å². The van der Waals surface area contributed by atoms with E-state index in [9.17, 15) is 9.59 Å². The Kier molecular flexibility index (Phi) is 4.66. The van der Waals surface area contributed by atoms with Crippen molar-refractivity contribution in [1.82, 2.24) is 20.4 Å². The molecule has 1 aliphatic rings. The lowest BCUT2D eigenvalue weighted by Crippen LogP contribution is -2.33. The fourth-order valence-electron chi connectivity index (χ4n) is 4.22. The van der Waals surface area contributed by atoms with Gasteiger partial charge in [-0.1, -0.05) is 30.7 Å². The molecule has 0 aliphatic heterocycles. The fraction of sp³-hybridized carbons (Fsp3) is 0.273. The second kappa shape index (κ2) is 7.62. The third-order valence-corrected chi connectivity index (χ3v) is 5.84. The first-order chi connectivity index (χ1) is 14.7. The number of hydrogen-bond donors (Lipinski definition) is 4. The molecule has 5 rings (SSSR count). The van der Waals surface area contributed by atoms with Gasteiger partial charge in [0.1, 0.15) is 0 Å². The molecule has 1 aliphatic carbocycles. The molecular weight excluding hydrogens is 380 g/mol. The van der Waals surface area contributed by atoms with Crippen LogP contribution in [0.2, 0.25) is 0 Å². The van der Waals surface area contributed by atoms with E-state index in [-0.39, 0.29) is 23.7 Å². The first kappa shape index (κ1) is 18.4. The lowest BCUT2D eigenvalue weighted by molar-refractivity contribution is -0.124. The van der Waals surface area contributed by atoms with Gasteiger partial charge in [0, 0.05) is 22.6 Å². The molecule has 4 aromatic rings. The summed E-state index contributed by atoms with van der Waals surface area (Å²) in [5.74, 6) is 0.446. The summed E-state index contributed by atoms with van der Waals surface area (Å²) < 4.78 is 0. The van der Waals surface area contributed by atoms with Crippen molar-refractivity contribution in [3.05, 3.63) is 48.5 Å². The average molecular weight is 402 g/mol. The van der Waals surface area contributed by atoms with Crippen molar-refractivity contribution >= 4 is 45.3 Å². The Labute approximate surface area is 172 Å². The van der Waals surface area contributed by atoms with E-state index in [0.29, 0.717) is 18.1 Å². The van der Waals surface area contributed by atoms with Gasteiger partial charge < -0.3 is 10.6 Å². The van der Waals surface area contributed by atoms with E-state index in [1.807, 2.05) is 48.5 Å². The number of fused-ring (bicyclic) bond motifs is 2. The molecule has 1 saturated carbocycles. The molecule has 152 valence electrons. The normalized spacial score (nSPS) is 19.1. The van der Waals surface area contributed by atoms with Crippen LogP contribution in [-0.4, -0.2) is 32.2 Å². The number of nitrogens with one attached hydrogen (secondary N) is 4. The highest BCUT2D eigenvalue weighted by Gasteiger charge is 2.32. The van der Waals surface area contributed by atoms with Crippen molar-refractivity contribution in [2.75, 3.05) is 10.6 Å². The highest BCUT2D eigenvalue weighted by atomic mass is 16.2. The Morgan fingerprint density at radius 2 is 1.23 bits per heavy atom. The molecule has 2 aromatic carbocycles. The third-order valence-electron chi connectivity index (χ3n) is 5.84. The zero-order valence-electron chi connectivity index (χ0n) is 16.3. The maximum Gasteiger partial charge on any atom is 0.228 e. The molecule has 0 radical (unpaired) electrons. The summed E-state index contributed by atoms with van der Waals surface area (Å²) in [7, 11) is 0. The van der Waals surface area contributed by atoms with E-state index in [2.05, 4.69) is 31.0 Å². The summed E-state index contributed by atoms with van der Waals surface area (Å²) in [6, 6.07) is 15.3. The van der Waals surface area contributed by atoms with Gasteiger partial charge in [0.2, 0.25) is 11.8 Å². The summed E-state index contributed by atoms with van der Waals surface area (Å²) in [4.78, 5) is 25.7. The minimum Gasteiger partial charge on any atom is -0.308 e. The molecule has 2 heterocycles. The predicted octanol–water partition coefficient (Wildman–Crippen LogP) is 3.82. The van der Waals surface area contributed by atoms with E-state index in [4.69, 9.17) is 0 Å². The molecule has 2 atom stereocenters. The molecule has 8 nitrogen and oxygen atoms in total. The number of aromatic amines is 2. The van der Waals surface area contributed by atoms with Gasteiger partial charge >= 0.3 is 0 Å². The molecule has 0 bridgehead atoms. The first-order valence-corrected chi connectivity index (χ1v) is 10.2. The van der Waals surface area contributed by atoms with Gasteiger partial charge in [-0.05, 0) is 43.5 Å². The fourth-order valence-corrected chi connectivity index (χ4v) is 4.22. The average Bonchev–Trinajstić information content (AvgIpc) is 3.38. The molecule has 1 fully saturated rings. The summed E-state index contributed by atoms with van der Waals surface area (Å²) >= 11 is 0. The number of aromatic nitrogens is 4. The van der Waals surface area contributed by atoms with E-state index < -0.39 is 0 Å². The molecule has 2 unspecified atom stereocenters. The van der Waals surface area contributed by atoms with Crippen LogP contribution in [-0.2, 0) is 9.59 Å². The van der Waals surface area contributed by atoms with E-state index in [0.717, 1.165) is 41.1 Å². The number of rotatable bonds is 4. The number of H-pyrrole nitrogens is 2. The Balaban J connectivity index is 1.26. The van der Waals surface area contributed by atoms with Gasteiger partial charge in [-0.2, -0.15) is 10.2 Å². The summed E-state index contributed by atoms with van der Waals surface area (Å²) in [5, 5.41) is 21.9. The van der Waals surface area contributed by atoms with Crippen molar-refractivity contribution in [3.63, 3.8) is 0 Å². The number of carbonyl (C=O) groups excluding carboxylic acids is 2. The van der Waals surface area contributed by atoms with Crippen LogP contribution < -0.4 is 10.6 Å². The molecular formula is C22H22N6O2. The number of para-hydroxylation sites is 2. The number of nitrogens with zero attached hydrogens (tertiary/aromatic N) is 2. The van der Waals surface area contributed by atoms with Crippen molar-refractivity contribution in [2.45, 2.75) is 25.7 Å². The maximum atomic E-state index is 12.9. The minimum absolute atomic E-state index is 0.0880. The van der Waals surface area contributed by atoms with Gasteiger partial charge in [-0.3, -0.25) is 19.8 Å². The SMILES string of the molecule is O=C(Nc1n[nH]c2ccccc12)C1CCCC(C(=O)Nc2n[nH]c3ccccc23)C1. The second-order valence-corrected chi connectivity index (χ2v) is 7.77. The largest absolute Gasteiger partial charge is 0.308 e. The van der Waals surface area contributed by atoms with Crippen LogP contribution in [0, 0.1) is 11.8 Å². The van der Waals surface area contributed by atoms with E-state index in [1.54, 1.807) is 0 Å². The molecule has 30 heavy (non-hydrogen) atoms. The van der Waals surface area contributed by atoms with Gasteiger partial charge in [-0.15, -0.1) is 0 Å². The summed E-state index contributed by atoms with van der Waals surface area (Å²) in [5.41, 5.74) is 1.75. The van der Waals surface area contributed by atoms with Crippen molar-refractivity contribution < 1.29 is 9.59 Å². The van der Waals surface area contributed by atoms with Crippen LogP contribution in [0.4, 0.5) is 11.6 Å². The molecule has 4 N–H and O–H groups in total. The lowest BCUT2D eigenvalue weighted by Gasteiger charge is -2.27. The van der Waals surface area contributed by atoms with Gasteiger partial charge in [0.15, 0.2) is 11.6 Å². The van der Waals surface area contributed by atoms with Crippen LogP contribution in [0.15, 0.2) is 48.5 Å². The van der Waals surface area contributed by atoms with Crippen molar-refractivity contribution in [1.29, 1.82) is 0 Å². The van der Waals surface area contributed by atoms with Crippen LogP contribution in [0.1, 0.15) is 25.7 Å². The molecule has 0 saturated heterocycles. The lowest BCUT2D eigenvalue weighted by atomic mass is 9.80. The maximum absolute atomic E-state index is 12.9. The first-order valence-electron chi connectivity index (χ1n) is 10.2. The summed E-state index contributed by atoms with van der Waals surface area (Å²) in [6.07, 6.45) is 2.88. The van der Waals surface area contributed by atoms with Crippen LogP contribution >= 0.6 is 0 Å². The van der Waals surface area contributed by atoms with Crippen LogP contribution in [0.3, 0.4) is 0 Å². The zero-order chi connectivity index (χ0) is 20.5. The molecule has 2 aromatic heterocycles. The van der Waals surface area contributed by atoms with Gasteiger partial charge in [0.05, 0.1) is 11.0 Å². The third kappa shape index (κ3) is 3.41. The highest BCUT2D eigenvalue weighted by molar-refractivity contribution is 6.02. The highest BCUT2D eigenvalue weighted by Crippen LogP contribution is 2.32. The van der Waals surface area contributed by atoms with Crippen molar-refractivity contribution in [3.8, 4) is 0 Å². The predicted molar refractivity (Wildman–Crippen MR) is 115 cm³/mol. The van der Waals surface area contributed by atoms with Gasteiger partial charge in [-0.25, -0.2) is 0 Å². The van der Waals surface area contributed by atoms with E-state index >= 15 is 0 Å². The van der Waals surface area contributed by atoms with Crippen LogP contribution in [0.25, 0.3) is 21.8 Å². The smallest absolute Gasteiger partial charge is 0.228 e.